The first-order valence-electron chi connectivity index (χ1n) is 17.5. The Morgan fingerprint density at radius 2 is 1.28 bits per heavy atom. The van der Waals surface area contributed by atoms with Gasteiger partial charge in [-0.25, -0.2) is 9.59 Å². The third-order valence-corrected chi connectivity index (χ3v) is 8.84. The van der Waals surface area contributed by atoms with E-state index in [-0.39, 0.29) is 65.9 Å². The van der Waals surface area contributed by atoms with E-state index >= 15 is 0 Å². The Bertz CT molecular complexity index is 1880. The van der Waals surface area contributed by atoms with E-state index in [0.29, 0.717) is 71.1 Å². The van der Waals surface area contributed by atoms with Gasteiger partial charge in [-0.1, -0.05) is 0 Å². The summed E-state index contributed by atoms with van der Waals surface area (Å²) in [4.78, 5) is 39.2. The number of rotatable bonds is 9. The lowest BCUT2D eigenvalue weighted by Crippen LogP contribution is -2.46. The van der Waals surface area contributed by atoms with Crippen LogP contribution >= 0.6 is 12.4 Å². The zero-order valence-corrected chi connectivity index (χ0v) is 31.2. The molecule has 3 aromatic rings. The van der Waals surface area contributed by atoms with E-state index in [1.54, 1.807) is 18.3 Å². The molecule has 2 aromatic carbocycles. The number of alkyl halides is 6. The minimum Gasteiger partial charge on any atom is -0.445 e. The van der Waals surface area contributed by atoms with Crippen molar-refractivity contribution in [3.05, 3.63) is 81.7 Å². The van der Waals surface area contributed by atoms with Crippen molar-refractivity contribution >= 4 is 30.5 Å². The summed E-state index contributed by atoms with van der Waals surface area (Å²) in [5, 5.41) is 30.9. The lowest BCUT2D eigenvalue weighted by molar-refractivity contribution is -0.138. The Hall–Kier alpha value is -5.60. The number of ether oxygens (including phenoxy) is 2. The Balaban J connectivity index is 0.000000319. The molecular formula is C36H40ClF6N9O5. The van der Waals surface area contributed by atoms with Crippen LogP contribution in [0.1, 0.15) is 77.6 Å². The van der Waals surface area contributed by atoms with Crippen molar-refractivity contribution in [1.82, 2.24) is 30.5 Å². The highest BCUT2D eigenvalue weighted by atomic mass is 35.5. The van der Waals surface area contributed by atoms with Crippen LogP contribution in [0.2, 0.25) is 0 Å². The van der Waals surface area contributed by atoms with Gasteiger partial charge < -0.3 is 30.3 Å². The van der Waals surface area contributed by atoms with Gasteiger partial charge in [-0.3, -0.25) is 4.79 Å². The number of nitriles is 2. The van der Waals surface area contributed by atoms with Gasteiger partial charge in [-0.2, -0.15) is 52.3 Å². The van der Waals surface area contributed by atoms with Gasteiger partial charge in [0.05, 0.1) is 46.3 Å². The summed E-state index contributed by atoms with van der Waals surface area (Å²) in [6, 6.07) is 9.12. The Labute approximate surface area is 329 Å². The molecule has 1 aromatic heterocycles. The summed E-state index contributed by atoms with van der Waals surface area (Å²) in [6.07, 6.45) is -4.71. The molecule has 0 radical (unpaired) electrons. The number of nitrogens with zero attached hydrogens (tertiary/aromatic N) is 6. The number of halogens is 7. The van der Waals surface area contributed by atoms with Gasteiger partial charge in [0.1, 0.15) is 13.2 Å². The molecule has 0 aliphatic carbocycles. The van der Waals surface area contributed by atoms with Gasteiger partial charge in [-0.15, -0.1) is 12.4 Å². The van der Waals surface area contributed by atoms with Crippen molar-refractivity contribution in [3.63, 3.8) is 0 Å². The molecule has 0 bridgehead atoms. The molecule has 2 fully saturated rings. The number of piperidine rings is 2. The van der Waals surface area contributed by atoms with E-state index in [1.807, 2.05) is 0 Å². The monoisotopic (exact) mass is 827 g/mol. The largest absolute Gasteiger partial charge is 0.445 e. The molecule has 3 amide bonds. The van der Waals surface area contributed by atoms with Crippen molar-refractivity contribution in [2.75, 3.05) is 26.2 Å². The molecule has 308 valence electrons. The van der Waals surface area contributed by atoms with Gasteiger partial charge in [-0.05, 0) is 86.1 Å². The average Bonchev–Trinajstić information content (AvgIpc) is 3.69. The van der Waals surface area contributed by atoms with Gasteiger partial charge >= 0.3 is 24.5 Å². The fourth-order valence-electron chi connectivity index (χ4n) is 5.84. The number of H-pyrrole nitrogens is 1. The van der Waals surface area contributed by atoms with Crippen LogP contribution in [-0.2, 0) is 46.3 Å². The summed E-state index contributed by atoms with van der Waals surface area (Å²) in [5.41, 5.74) is 4.55. The van der Waals surface area contributed by atoms with E-state index in [1.165, 1.54) is 21.9 Å². The van der Waals surface area contributed by atoms with Crippen LogP contribution in [0.4, 0.5) is 35.9 Å². The first kappa shape index (κ1) is 45.8. The van der Waals surface area contributed by atoms with Crippen molar-refractivity contribution in [2.45, 2.75) is 82.6 Å². The molecule has 57 heavy (non-hydrogen) atoms. The third-order valence-electron chi connectivity index (χ3n) is 8.84. The van der Waals surface area contributed by atoms with Crippen LogP contribution in [0.3, 0.4) is 0 Å². The van der Waals surface area contributed by atoms with Crippen molar-refractivity contribution in [3.8, 4) is 12.1 Å². The minimum absolute atomic E-state index is 0. The van der Waals surface area contributed by atoms with E-state index in [2.05, 4.69) is 20.7 Å². The highest BCUT2D eigenvalue weighted by molar-refractivity contribution is 5.85. The fourth-order valence-corrected chi connectivity index (χ4v) is 5.84. The molecule has 5 rings (SSSR count). The first-order chi connectivity index (χ1) is 26.5. The number of aryl methyl sites for hydroxylation is 1. The SMILES string of the molecule is Cl.N#Cc1cc(COC(=O)N2CCC(N)CC2)cc(C(F)(F)F)c1.N#Cc1cc(COC(=O)N2CCC(NC(=O)CCCc3cn[nH]n3)CC2)cc(C(F)(F)F)c1. The van der Waals surface area contributed by atoms with Crippen molar-refractivity contribution in [2.24, 2.45) is 5.73 Å². The lowest BCUT2D eigenvalue weighted by atomic mass is 10.0. The molecule has 0 atom stereocenters. The van der Waals surface area contributed by atoms with Crippen LogP contribution in [-0.4, -0.2) is 81.6 Å². The Morgan fingerprint density at radius 1 is 0.807 bits per heavy atom. The number of amides is 3. The molecule has 2 aliphatic rings. The second kappa shape index (κ2) is 21.1. The first-order valence-corrected chi connectivity index (χ1v) is 17.5. The predicted molar refractivity (Wildman–Crippen MR) is 191 cm³/mol. The molecule has 2 aliphatic heterocycles. The fraction of sp³-hybridized carbons (Fsp3) is 0.472. The quantitative estimate of drug-likeness (QED) is 0.215. The Kier molecular flexibility index (Phi) is 16.9. The molecule has 3 heterocycles. The van der Waals surface area contributed by atoms with E-state index < -0.39 is 35.7 Å². The maximum absolute atomic E-state index is 13.0. The number of hydrogen-bond donors (Lipinski definition) is 3. The highest BCUT2D eigenvalue weighted by Crippen LogP contribution is 2.32. The number of benzene rings is 2. The molecule has 0 unspecified atom stereocenters. The van der Waals surface area contributed by atoms with Gasteiger partial charge in [0.25, 0.3) is 0 Å². The molecule has 2 saturated heterocycles. The summed E-state index contributed by atoms with van der Waals surface area (Å²) in [5.74, 6) is -0.0719. The molecular weight excluding hydrogens is 788 g/mol. The van der Waals surface area contributed by atoms with Crippen LogP contribution in [0, 0.1) is 22.7 Å². The van der Waals surface area contributed by atoms with E-state index in [4.69, 9.17) is 25.7 Å². The summed E-state index contributed by atoms with van der Waals surface area (Å²) >= 11 is 0. The van der Waals surface area contributed by atoms with Crippen molar-refractivity contribution < 1.29 is 50.2 Å². The zero-order valence-electron chi connectivity index (χ0n) is 30.4. The average molecular weight is 828 g/mol. The van der Waals surface area contributed by atoms with Crippen LogP contribution in [0.25, 0.3) is 0 Å². The third kappa shape index (κ3) is 14.8. The van der Waals surface area contributed by atoms with Gasteiger partial charge in [0, 0.05) is 44.7 Å². The number of hydrogen-bond acceptors (Lipinski definition) is 10. The molecule has 0 spiro atoms. The normalized spacial score (nSPS) is 14.9. The summed E-state index contributed by atoms with van der Waals surface area (Å²) in [6.45, 7) is 0.946. The van der Waals surface area contributed by atoms with Crippen LogP contribution < -0.4 is 11.1 Å². The topological polar surface area (TPSA) is 203 Å². The van der Waals surface area contributed by atoms with Gasteiger partial charge in [0.2, 0.25) is 5.91 Å². The molecule has 4 N–H and O–H groups in total. The Morgan fingerprint density at radius 3 is 1.70 bits per heavy atom. The van der Waals surface area contributed by atoms with Crippen LogP contribution in [0.15, 0.2) is 42.6 Å². The highest BCUT2D eigenvalue weighted by Gasteiger charge is 2.33. The van der Waals surface area contributed by atoms with E-state index in [0.717, 1.165) is 30.0 Å². The van der Waals surface area contributed by atoms with Gasteiger partial charge in [0.15, 0.2) is 0 Å². The maximum atomic E-state index is 13.0. The minimum atomic E-state index is -4.60. The number of carbonyl (C=O) groups excluding carboxylic acids is 3. The lowest BCUT2D eigenvalue weighted by Gasteiger charge is -2.31. The summed E-state index contributed by atoms with van der Waals surface area (Å²) in [7, 11) is 0. The van der Waals surface area contributed by atoms with E-state index in [9.17, 15) is 40.7 Å². The number of likely N-dealkylation sites (tertiary alicyclic amines) is 2. The van der Waals surface area contributed by atoms with Crippen molar-refractivity contribution in [1.29, 1.82) is 10.5 Å². The molecule has 14 nitrogen and oxygen atoms in total. The number of nitrogens with one attached hydrogen (secondary N) is 2. The number of aromatic amines is 1. The predicted octanol–water partition coefficient (Wildman–Crippen LogP) is 5.99. The standard InChI is InChI=1S/C21H23F3N6O3.C15H16F3N3O2.ClH/c22-21(23,24)16-9-14(11-25)8-15(10-16)13-33-20(32)30-6-4-17(5-7-30)27-19(31)3-1-2-18-12-26-29-28-18;16-15(17,18)12-6-10(8-19)5-11(7-12)9-23-14(22)21-3-1-13(20)2-4-21;/h8-10,12,17H,1-7,13H2,(H,27,31)(H,26,28,29);5-7,13H,1-4,9,20H2;1H. The number of carbonyl (C=O) groups is 3. The smallest absolute Gasteiger partial charge is 0.416 e. The second-order valence-electron chi connectivity index (χ2n) is 13.1. The second-order valence-corrected chi connectivity index (χ2v) is 13.1. The summed E-state index contributed by atoms with van der Waals surface area (Å²) < 4.78 is 87.4. The number of nitrogens with two attached hydrogens (primary N) is 1. The number of aromatic nitrogens is 3. The maximum Gasteiger partial charge on any atom is 0.416 e. The molecule has 0 saturated carbocycles. The van der Waals surface area contributed by atoms with Crippen LogP contribution in [0.5, 0.6) is 0 Å². The zero-order chi connectivity index (χ0) is 40.9. The molecule has 21 heteroatoms.